The number of nitro groups is 1. The molecule has 1 heterocycles. The van der Waals surface area contributed by atoms with Gasteiger partial charge in [0.2, 0.25) is 11.8 Å². The minimum atomic E-state index is -0.683. The van der Waals surface area contributed by atoms with Gasteiger partial charge in [-0.25, -0.2) is 0 Å². The Kier molecular flexibility index (Phi) is 3.55. The number of anilines is 1. The van der Waals surface area contributed by atoms with Gasteiger partial charge in [0.25, 0.3) is 5.69 Å². The second kappa shape index (κ2) is 5.16. The lowest BCUT2D eigenvalue weighted by molar-refractivity contribution is -0.384. The zero-order valence-electron chi connectivity index (χ0n) is 10.8. The van der Waals surface area contributed by atoms with Crippen LogP contribution in [0, 0.1) is 10.1 Å². The number of primary amides is 1. The largest absolute Gasteiger partial charge is 0.368 e. The predicted octanol–water partition coefficient (Wildman–Crippen LogP) is 0.336. The number of nitro benzene ring substituents is 1. The van der Waals surface area contributed by atoms with Crippen molar-refractivity contribution in [3.8, 4) is 0 Å². The van der Waals surface area contributed by atoms with Crippen molar-refractivity contribution in [3.05, 3.63) is 33.9 Å². The molecule has 1 aromatic carbocycles. The van der Waals surface area contributed by atoms with Crippen molar-refractivity contribution in [3.63, 3.8) is 0 Å². The zero-order valence-corrected chi connectivity index (χ0v) is 10.8. The zero-order chi connectivity index (χ0) is 14.9. The molecule has 1 atom stereocenters. The lowest BCUT2D eigenvalue weighted by atomic mass is 10.1. The standard InChI is InChI=1S/C12H14N4O4/c1-15-5-4-8(12(15)18)14-9-6-7(11(13)17)2-3-10(9)16(19)20/h2-3,6,8,14H,4-5H2,1H3,(H2,13,17). The number of nitrogens with zero attached hydrogens (tertiary/aromatic N) is 2. The first kappa shape index (κ1) is 13.8. The topological polar surface area (TPSA) is 119 Å². The van der Waals surface area contributed by atoms with E-state index in [0.717, 1.165) is 0 Å². The quantitative estimate of drug-likeness (QED) is 0.608. The number of benzene rings is 1. The highest BCUT2D eigenvalue weighted by Crippen LogP contribution is 2.27. The van der Waals surface area contributed by atoms with Gasteiger partial charge in [-0.2, -0.15) is 0 Å². The van der Waals surface area contributed by atoms with Crippen molar-refractivity contribution >= 4 is 23.2 Å². The van der Waals surface area contributed by atoms with E-state index in [0.29, 0.717) is 13.0 Å². The molecular weight excluding hydrogens is 264 g/mol. The average Bonchev–Trinajstić information content (AvgIpc) is 2.70. The second-order valence-corrected chi connectivity index (χ2v) is 4.60. The summed E-state index contributed by atoms with van der Waals surface area (Å²) in [5, 5.41) is 13.8. The number of likely N-dealkylation sites (tertiary alicyclic amines) is 1. The van der Waals surface area contributed by atoms with Crippen LogP contribution >= 0.6 is 0 Å². The van der Waals surface area contributed by atoms with Crippen LogP contribution in [-0.4, -0.2) is 41.3 Å². The molecule has 8 heteroatoms. The maximum absolute atomic E-state index is 11.8. The van der Waals surface area contributed by atoms with Gasteiger partial charge in [-0.3, -0.25) is 19.7 Å². The highest BCUT2D eigenvalue weighted by Gasteiger charge is 2.30. The van der Waals surface area contributed by atoms with Gasteiger partial charge in [0.1, 0.15) is 11.7 Å². The van der Waals surface area contributed by atoms with E-state index in [2.05, 4.69) is 5.32 Å². The van der Waals surface area contributed by atoms with Gasteiger partial charge in [-0.1, -0.05) is 0 Å². The lowest BCUT2D eigenvalue weighted by Gasteiger charge is -2.14. The summed E-state index contributed by atoms with van der Waals surface area (Å²) in [5.74, 6) is -0.818. The normalized spacial score (nSPS) is 18.1. The van der Waals surface area contributed by atoms with E-state index in [4.69, 9.17) is 5.73 Å². The van der Waals surface area contributed by atoms with E-state index >= 15 is 0 Å². The van der Waals surface area contributed by atoms with Crippen LogP contribution in [0.4, 0.5) is 11.4 Å². The third-order valence-corrected chi connectivity index (χ3v) is 3.24. The highest BCUT2D eigenvalue weighted by molar-refractivity contribution is 5.95. The summed E-state index contributed by atoms with van der Waals surface area (Å²) >= 11 is 0. The van der Waals surface area contributed by atoms with Crippen LogP contribution in [0.15, 0.2) is 18.2 Å². The molecule has 1 unspecified atom stereocenters. The first-order chi connectivity index (χ1) is 9.40. The van der Waals surface area contributed by atoms with Crippen molar-refractivity contribution in [2.24, 2.45) is 5.73 Å². The maximum atomic E-state index is 11.8. The predicted molar refractivity (Wildman–Crippen MR) is 71.3 cm³/mol. The maximum Gasteiger partial charge on any atom is 0.292 e. The average molecular weight is 278 g/mol. The van der Waals surface area contributed by atoms with Crippen LogP contribution in [0.25, 0.3) is 0 Å². The van der Waals surface area contributed by atoms with Gasteiger partial charge < -0.3 is 16.0 Å². The summed E-state index contributed by atoms with van der Waals surface area (Å²) in [5.41, 5.74) is 5.23. The van der Waals surface area contributed by atoms with E-state index < -0.39 is 16.9 Å². The number of hydrogen-bond acceptors (Lipinski definition) is 5. The Morgan fingerprint density at radius 2 is 2.25 bits per heavy atom. The fourth-order valence-corrected chi connectivity index (χ4v) is 2.11. The Morgan fingerprint density at radius 1 is 1.55 bits per heavy atom. The Labute approximate surface area is 114 Å². The van der Waals surface area contributed by atoms with Crippen LogP contribution in [0.1, 0.15) is 16.8 Å². The summed E-state index contributed by atoms with van der Waals surface area (Å²) in [6, 6.07) is 3.26. The molecule has 1 fully saturated rings. The van der Waals surface area contributed by atoms with E-state index in [9.17, 15) is 19.7 Å². The highest BCUT2D eigenvalue weighted by atomic mass is 16.6. The second-order valence-electron chi connectivity index (χ2n) is 4.60. The molecule has 3 N–H and O–H groups in total. The van der Waals surface area contributed by atoms with Crippen molar-refractivity contribution in [1.29, 1.82) is 0 Å². The van der Waals surface area contributed by atoms with Crippen molar-refractivity contribution < 1.29 is 14.5 Å². The molecule has 1 aliphatic heterocycles. The lowest BCUT2D eigenvalue weighted by Crippen LogP contribution is -2.31. The molecule has 0 saturated carbocycles. The van der Waals surface area contributed by atoms with Crippen molar-refractivity contribution in [2.45, 2.75) is 12.5 Å². The molecule has 20 heavy (non-hydrogen) atoms. The fourth-order valence-electron chi connectivity index (χ4n) is 2.11. The Morgan fingerprint density at radius 3 is 2.75 bits per heavy atom. The van der Waals surface area contributed by atoms with E-state index in [1.54, 1.807) is 11.9 Å². The minimum absolute atomic E-state index is 0.125. The summed E-state index contributed by atoms with van der Waals surface area (Å²) < 4.78 is 0. The molecule has 1 aromatic rings. The number of carbonyl (C=O) groups excluding carboxylic acids is 2. The van der Waals surface area contributed by atoms with Crippen molar-refractivity contribution in [1.82, 2.24) is 4.90 Å². The van der Waals surface area contributed by atoms with Crippen LogP contribution in [0.3, 0.4) is 0 Å². The molecule has 0 bridgehead atoms. The number of nitrogens with two attached hydrogens (primary N) is 1. The number of amides is 2. The third kappa shape index (κ3) is 2.53. The Bertz CT molecular complexity index is 587. The number of likely N-dealkylation sites (N-methyl/N-ethyl adjacent to an activating group) is 1. The van der Waals surface area contributed by atoms with Crippen molar-refractivity contribution in [2.75, 3.05) is 18.9 Å². The van der Waals surface area contributed by atoms with E-state index in [1.807, 2.05) is 0 Å². The molecule has 0 spiro atoms. The van der Waals surface area contributed by atoms with Gasteiger partial charge in [-0.15, -0.1) is 0 Å². The van der Waals surface area contributed by atoms with E-state index in [1.165, 1.54) is 18.2 Å². The monoisotopic (exact) mass is 278 g/mol. The molecule has 1 aliphatic rings. The van der Waals surface area contributed by atoms with Crippen LogP contribution in [0.5, 0.6) is 0 Å². The molecule has 2 rings (SSSR count). The molecule has 0 radical (unpaired) electrons. The Balaban J connectivity index is 2.33. The van der Waals surface area contributed by atoms with Crippen LogP contribution in [-0.2, 0) is 4.79 Å². The number of carbonyl (C=O) groups is 2. The minimum Gasteiger partial charge on any atom is -0.368 e. The molecule has 106 valence electrons. The smallest absolute Gasteiger partial charge is 0.292 e. The fraction of sp³-hybridized carbons (Fsp3) is 0.333. The molecular formula is C12H14N4O4. The number of nitrogens with one attached hydrogen (secondary N) is 1. The first-order valence-electron chi connectivity index (χ1n) is 6.00. The Hall–Kier alpha value is -2.64. The summed E-state index contributed by atoms with van der Waals surface area (Å²) in [7, 11) is 1.66. The molecule has 0 aromatic heterocycles. The van der Waals surface area contributed by atoms with Gasteiger partial charge in [0.15, 0.2) is 0 Å². The van der Waals surface area contributed by atoms with Gasteiger partial charge in [0.05, 0.1) is 4.92 Å². The number of hydrogen-bond donors (Lipinski definition) is 2. The molecule has 8 nitrogen and oxygen atoms in total. The SMILES string of the molecule is CN1CCC(Nc2cc(C(N)=O)ccc2[N+](=O)[O-])C1=O. The molecule has 1 saturated heterocycles. The van der Waals surface area contributed by atoms with Crippen LogP contribution in [0.2, 0.25) is 0 Å². The van der Waals surface area contributed by atoms with E-state index in [-0.39, 0.29) is 22.8 Å². The first-order valence-corrected chi connectivity index (χ1v) is 6.00. The summed E-state index contributed by atoms with van der Waals surface area (Å²) in [4.78, 5) is 34.9. The molecule has 0 aliphatic carbocycles. The summed E-state index contributed by atoms with van der Waals surface area (Å²) in [6.45, 7) is 0.583. The van der Waals surface area contributed by atoms with Crippen LogP contribution < -0.4 is 11.1 Å². The molecule has 2 amide bonds. The van der Waals surface area contributed by atoms with Gasteiger partial charge >= 0.3 is 0 Å². The van der Waals surface area contributed by atoms with Gasteiger partial charge in [-0.05, 0) is 18.6 Å². The number of rotatable bonds is 4. The summed E-state index contributed by atoms with van der Waals surface area (Å²) in [6.07, 6.45) is 0.549. The van der Waals surface area contributed by atoms with Gasteiger partial charge in [0, 0.05) is 25.2 Å². The third-order valence-electron chi connectivity index (χ3n) is 3.24.